The number of amides is 3. The van der Waals surface area contributed by atoms with Crippen molar-refractivity contribution in [2.24, 2.45) is 5.41 Å². The first-order valence-corrected chi connectivity index (χ1v) is 9.28. The van der Waals surface area contributed by atoms with Crippen LogP contribution in [0.2, 0.25) is 0 Å². The molecule has 0 atom stereocenters. The van der Waals surface area contributed by atoms with Gasteiger partial charge in [-0.15, -0.1) is 0 Å². The summed E-state index contributed by atoms with van der Waals surface area (Å²) < 4.78 is 5.39. The molecule has 0 heterocycles. The number of benzene rings is 2. The fraction of sp³-hybridized carbons (Fsp3) is 0.273. The van der Waals surface area contributed by atoms with Gasteiger partial charge in [-0.2, -0.15) is 5.26 Å². The molecule has 8 nitrogen and oxygen atoms in total. The van der Waals surface area contributed by atoms with Crippen LogP contribution in [0.5, 0.6) is 5.75 Å². The van der Waals surface area contributed by atoms with Crippen molar-refractivity contribution in [2.75, 3.05) is 13.2 Å². The topological polar surface area (TPSA) is 120 Å². The Kier molecular flexibility index (Phi) is 7.53. The molecule has 0 saturated carbocycles. The van der Waals surface area contributed by atoms with Gasteiger partial charge in [-0.05, 0) is 35.4 Å². The van der Waals surface area contributed by atoms with Gasteiger partial charge in [0, 0.05) is 5.41 Å². The second kappa shape index (κ2) is 10.1. The van der Waals surface area contributed by atoms with Crippen LogP contribution in [0.15, 0.2) is 48.5 Å². The second-order valence-electron chi connectivity index (χ2n) is 7.53. The number of nitrogens with one attached hydrogen (secondary N) is 3. The minimum absolute atomic E-state index is 0.242. The zero-order valence-electron chi connectivity index (χ0n) is 17.1. The van der Waals surface area contributed by atoms with Crippen LogP contribution >= 0.6 is 0 Å². The van der Waals surface area contributed by atoms with Crippen molar-refractivity contribution < 1.29 is 19.1 Å². The Morgan fingerprint density at radius 1 is 0.900 bits per heavy atom. The number of rotatable bonds is 6. The molecular formula is C22H24N4O4. The summed E-state index contributed by atoms with van der Waals surface area (Å²) in [5.41, 5.74) is 6.32. The van der Waals surface area contributed by atoms with Crippen LogP contribution in [0.3, 0.4) is 0 Å². The van der Waals surface area contributed by atoms with E-state index in [9.17, 15) is 14.4 Å². The normalized spacial score (nSPS) is 10.5. The van der Waals surface area contributed by atoms with Crippen LogP contribution in [0.25, 0.3) is 11.1 Å². The molecule has 0 spiro atoms. The fourth-order valence-electron chi connectivity index (χ4n) is 2.28. The SMILES string of the molecule is CC(C)(C)C(=O)NCC(=O)NNC(=O)COc1ccc(-c2ccc(C#N)cc2)cc1. The summed E-state index contributed by atoms with van der Waals surface area (Å²) >= 11 is 0. The van der Waals surface area contributed by atoms with Crippen molar-refractivity contribution >= 4 is 17.7 Å². The zero-order valence-corrected chi connectivity index (χ0v) is 17.1. The van der Waals surface area contributed by atoms with Crippen LogP contribution in [-0.2, 0) is 14.4 Å². The van der Waals surface area contributed by atoms with Crippen molar-refractivity contribution in [2.45, 2.75) is 20.8 Å². The summed E-state index contributed by atoms with van der Waals surface area (Å²) in [6, 6.07) is 16.4. The predicted molar refractivity (Wildman–Crippen MR) is 111 cm³/mol. The molecule has 8 heteroatoms. The van der Waals surface area contributed by atoms with Crippen LogP contribution in [0, 0.1) is 16.7 Å². The third-order valence-corrected chi connectivity index (χ3v) is 4.00. The lowest BCUT2D eigenvalue weighted by Gasteiger charge is -2.17. The molecule has 2 rings (SSSR count). The Bertz CT molecular complexity index is 939. The van der Waals surface area contributed by atoms with Gasteiger partial charge >= 0.3 is 0 Å². The summed E-state index contributed by atoms with van der Waals surface area (Å²) in [6.45, 7) is 4.67. The van der Waals surface area contributed by atoms with Crippen LogP contribution in [0.4, 0.5) is 0 Å². The molecule has 0 saturated heterocycles. The van der Waals surface area contributed by atoms with Gasteiger partial charge in [0.25, 0.3) is 11.8 Å². The first-order chi connectivity index (χ1) is 14.2. The lowest BCUT2D eigenvalue weighted by atomic mass is 9.96. The third kappa shape index (κ3) is 6.95. The van der Waals surface area contributed by atoms with E-state index >= 15 is 0 Å². The van der Waals surface area contributed by atoms with Crippen LogP contribution in [-0.4, -0.2) is 30.9 Å². The minimum atomic E-state index is -0.604. The Hall–Kier alpha value is -3.86. The van der Waals surface area contributed by atoms with E-state index in [0.29, 0.717) is 11.3 Å². The number of nitrogens with zero attached hydrogens (tertiary/aromatic N) is 1. The Morgan fingerprint density at radius 3 is 1.97 bits per heavy atom. The van der Waals surface area contributed by atoms with Crippen molar-refractivity contribution in [1.82, 2.24) is 16.2 Å². The van der Waals surface area contributed by atoms with Gasteiger partial charge < -0.3 is 10.1 Å². The van der Waals surface area contributed by atoms with Gasteiger partial charge in [-0.3, -0.25) is 25.2 Å². The number of nitriles is 1. The number of hydrogen-bond donors (Lipinski definition) is 3. The quantitative estimate of drug-likeness (QED) is 0.631. The molecule has 2 aromatic carbocycles. The molecule has 0 aliphatic heterocycles. The fourth-order valence-corrected chi connectivity index (χ4v) is 2.28. The van der Waals surface area contributed by atoms with Crippen molar-refractivity contribution in [1.29, 1.82) is 5.26 Å². The molecule has 0 aromatic heterocycles. The number of carbonyl (C=O) groups excluding carboxylic acids is 3. The molecule has 0 radical (unpaired) electrons. The first-order valence-electron chi connectivity index (χ1n) is 9.28. The number of hydrazine groups is 1. The maximum absolute atomic E-state index is 11.8. The second-order valence-corrected chi connectivity index (χ2v) is 7.53. The molecule has 3 N–H and O–H groups in total. The standard InChI is InChI=1S/C22H24N4O4/c1-22(2,3)21(29)24-13-19(27)25-26-20(28)14-30-18-10-8-17(9-11-18)16-6-4-15(12-23)5-7-16/h4-11H,13-14H2,1-3H3,(H,24,29)(H,25,27)(H,26,28). The van der Waals surface area contributed by atoms with E-state index < -0.39 is 17.2 Å². The molecule has 30 heavy (non-hydrogen) atoms. The highest BCUT2D eigenvalue weighted by molar-refractivity contribution is 5.88. The number of hydrogen-bond acceptors (Lipinski definition) is 5. The van der Waals surface area contributed by atoms with Crippen LogP contribution < -0.4 is 20.9 Å². The highest BCUT2D eigenvalue weighted by Crippen LogP contribution is 2.22. The number of carbonyl (C=O) groups is 3. The van der Waals surface area contributed by atoms with Crippen molar-refractivity contribution in [3.63, 3.8) is 0 Å². The van der Waals surface area contributed by atoms with E-state index in [1.807, 2.05) is 24.3 Å². The van der Waals surface area contributed by atoms with Gasteiger partial charge in [0.2, 0.25) is 5.91 Å². The summed E-state index contributed by atoms with van der Waals surface area (Å²) in [5, 5.41) is 11.3. The van der Waals surface area contributed by atoms with Gasteiger partial charge in [-0.1, -0.05) is 45.0 Å². The molecule has 0 aliphatic rings. The smallest absolute Gasteiger partial charge is 0.276 e. The lowest BCUT2D eigenvalue weighted by Crippen LogP contribution is -2.48. The summed E-state index contributed by atoms with van der Waals surface area (Å²) in [5.74, 6) is -0.863. The van der Waals surface area contributed by atoms with Gasteiger partial charge in [0.15, 0.2) is 6.61 Å². The summed E-state index contributed by atoms with van der Waals surface area (Å²) in [6.07, 6.45) is 0. The van der Waals surface area contributed by atoms with E-state index in [-0.39, 0.29) is 19.1 Å². The average molecular weight is 408 g/mol. The van der Waals surface area contributed by atoms with E-state index in [0.717, 1.165) is 11.1 Å². The minimum Gasteiger partial charge on any atom is -0.484 e. The summed E-state index contributed by atoms with van der Waals surface area (Å²) in [7, 11) is 0. The largest absolute Gasteiger partial charge is 0.484 e. The first kappa shape index (κ1) is 22.4. The highest BCUT2D eigenvalue weighted by atomic mass is 16.5. The zero-order chi connectivity index (χ0) is 22.1. The molecule has 0 unspecified atom stereocenters. The van der Waals surface area contributed by atoms with Gasteiger partial charge in [0.1, 0.15) is 5.75 Å². The van der Waals surface area contributed by atoms with Crippen LogP contribution in [0.1, 0.15) is 26.3 Å². The van der Waals surface area contributed by atoms with Crippen molar-refractivity contribution in [3.05, 3.63) is 54.1 Å². The predicted octanol–water partition coefficient (Wildman–Crippen LogP) is 1.91. The Balaban J connectivity index is 1.74. The molecule has 0 aliphatic carbocycles. The lowest BCUT2D eigenvalue weighted by molar-refractivity contribution is -0.132. The molecule has 0 bridgehead atoms. The molecule has 0 fully saturated rings. The molecular weight excluding hydrogens is 384 g/mol. The molecule has 156 valence electrons. The molecule has 2 aromatic rings. The van der Waals surface area contributed by atoms with E-state index in [4.69, 9.17) is 10.00 Å². The average Bonchev–Trinajstić information content (AvgIpc) is 2.74. The highest BCUT2D eigenvalue weighted by Gasteiger charge is 2.21. The Morgan fingerprint density at radius 2 is 1.43 bits per heavy atom. The number of ether oxygens (including phenoxy) is 1. The summed E-state index contributed by atoms with van der Waals surface area (Å²) in [4.78, 5) is 35.2. The molecule has 3 amide bonds. The van der Waals surface area contributed by atoms with E-state index in [2.05, 4.69) is 22.2 Å². The maximum atomic E-state index is 11.8. The van der Waals surface area contributed by atoms with Crippen molar-refractivity contribution in [3.8, 4) is 22.9 Å². The maximum Gasteiger partial charge on any atom is 0.276 e. The monoisotopic (exact) mass is 408 g/mol. The van der Waals surface area contributed by atoms with Gasteiger partial charge in [-0.25, -0.2) is 0 Å². The van der Waals surface area contributed by atoms with E-state index in [1.165, 1.54) is 0 Å². The Labute approximate surface area is 175 Å². The third-order valence-electron chi connectivity index (χ3n) is 4.00. The van der Waals surface area contributed by atoms with E-state index in [1.54, 1.807) is 45.0 Å². The van der Waals surface area contributed by atoms with Gasteiger partial charge in [0.05, 0.1) is 18.2 Å².